The van der Waals surface area contributed by atoms with Crippen LogP contribution in [0.4, 0.5) is 0 Å². The van der Waals surface area contributed by atoms with Gasteiger partial charge in [-0.1, -0.05) is 20.3 Å². The molecule has 106 valence electrons. The van der Waals surface area contributed by atoms with E-state index in [1.807, 2.05) is 0 Å². The Balaban J connectivity index is 1.78. The molecule has 0 aromatic carbocycles. The molecule has 2 saturated heterocycles. The average molecular weight is 264 g/mol. The molecule has 3 fully saturated rings. The average Bonchev–Trinajstić information content (AvgIpc) is 2.92. The minimum Gasteiger partial charge on any atom is -0.316 e. The first-order chi connectivity index (χ1) is 9.13. The standard InChI is InChI=1S/C15H24N2O2/c1-3-10-6-11-12(7-10)15(19)17(14(11)18)13-4-5-16-8-9(13)2/h9-13,16H,3-8H2,1-2H3. The smallest absolute Gasteiger partial charge is 0.233 e. The SMILES string of the molecule is CCC1CC2C(=O)N(C3CCNCC3C)C(=O)C2C1. The van der Waals surface area contributed by atoms with Crippen LogP contribution < -0.4 is 5.32 Å². The molecule has 2 amide bonds. The van der Waals surface area contributed by atoms with E-state index in [-0.39, 0.29) is 29.7 Å². The Morgan fingerprint density at radius 1 is 1.21 bits per heavy atom. The van der Waals surface area contributed by atoms with E-state index >= 15 is 0 Å². The van der Waals surface area contributed by atoms with Crippen molar-refractivity contribution in [2.75, 3.05) is 13.1 Å². The van der Waals surface area contributed by atoms with Crippen molar-refractivity contribution in [1.82, 2.24) is 10.2 Å². The Morgan fingerprint density at radius 2 is 1.84 bits per heavy atom. The second kappa shape index (κ2) is 4.89. The van der Waals surface area contributed by atoms with Gasteiger partial charge in [0.2, 0.25) is 11.8 Å². The summed E-state index contributed by atoms with van der Waals surface area (Å²) in [6.07, 6.45) is 3.87. The number of nitrogens with one attached hydrogen (secondary N) is 1. The van der Waals surface area contributed by atoms with Crippen molar-refractivity contribution in [3.63, 3.8) is 0 Å². The Hall–Kier alpha value is -0.900. The van der Waals surface area contributed by atoms with Crippen LogP contribution in [-0.2, 0) is 9.59 Å². The summed E-state index contributed by atoms with van der Waals surface area (Å²) in [6, 6.07) is 0.131. The van der Waals surface area contributed by atoms with Crippen LogP contribution in [0.1, 0.15) is 39.5 Å². The van der Waals surface area contributed by atoms with Crippen molar-refractivity contribution >= 4 is 11.8 Å². The van der Waals surface area contributed by atoms with E-state index in [1.165, 1.54) is 0 Å². The zero-order chi connectivity index (χ0) is 13.6. The molecule has 4 atom stereocenters. The Kier molecular flexibility index (Phi) is 3.37. The van der Waals surface area contributed by atoms with Crippen LogP contribution in [-0.4, -0.2) is 35.8 Å². The van der Waals surface area contributed by atoms with Crippen LogP contribution in [0.2, 0.25) is 0 Å². The third kappa shape index (κ3) is 2.00. The van der Waals surface area contributed by atoms with Gasteiger partial charge in [0.25, 0.3) is 0 Å². The van der Waals surface area contributed by atoms with Gasteiger partial charge >= 0.3 is 0 Å². The lowest BCUT2D eigenvalue weighted by Gasteiger charge is -2.36. The molecule has 0 bridgehead atoms. The van der Waals surface area contributed by atoms with Gasteiger partial charge in [-0.05, 0) is 44.2 Å². The highest BCUT2D eigenvalue weighted by molar-refractivity contribution is 6.05. The number of carbonyl (C=O) groups is 2. The third-order valence-electron chi connectivity index (χ3n) is 5.42. The zero-order valence-corrected chi connectivity index (χ0v) is 11.9. The molecular weight excluding hydrogens is 240 g/mol. The molecule has 0 radical (unpaired) electrons. The maximum absolute atomic E-state index is 12.6. The molecule has 1 aliphatic carbocycles. The normalized spacial score (nSPS) is 42.8. The molecule has 3 aliphatic rings. The van der Waals surface area contributed by atoms with Gasteiger partial charge < -0.3 is 5.32 Å². The first kappa shape index (κ1) is 13.1. The van der Waals surface area contributed by atoms with Crippen molar-refractivity contribution in [1.29, 1.82) is 0 Å². The molecular formula is C15H24N2O2. The molecule has 4 nitrogen and oxygen atoms in total. The summed E-state index contributed by atoms with van der Waals surface area (Å²) in [6.45, 7) is 6.13. The van der Waals surface area contributed by atoms with Crippen molar-refractivity contribution < 1.29 is 9.59 Å². The van der Waals surface area contributed by atoms with Crippen molar-refractivity contribution in [3.05, 3.63) is 0 Å². The highest BCUT2D eigenvalue weighted by Crippen LogP contribution is 2.45. The summed E-state index contributed by atoms with van der Waals surface area (Å²) in [4.78, 5) is 26.8. The topological polar surface area (TPSA) is 49.4 Å². The molecule has 1 N–H and O–H groups in total. The van der Waals surface area contributed by atoms with Crippen LogP contribution >= 0.6 is 0 Å². The van der Waals surface area contributed by atoms with Crippen molar-refractivity contribution in [2.45, 2.75) is 45.6 Å². The highest BCUT2D eigenvalue weighted by atomic mass is 16.2. The first-order valence-electron chi connectivity index (χ1n) is 7.71. The maximum Gasteiger partial charge on any atom is 0.233 e. The number of amides is 2. The van der Waals surface area contributed by atoms with Gasteiger partial charge in [-0.25, -0.2) is 0 Å². The fourth-order valence-electron chi connectivity index (χ4n) is 4.20. The van der Waals surface area contributed by atoms with Gasteiger partial charge in [-0.3, -0.25) is 14.5 Å². The molecule has 0 spiro atoms. The predicted molar refractivity (Wildman–Crippen MR) is 72.3 cm³/mol. The number of nitrogens with zero attached hydrogens (tertiary/aromatic N) is 1. The Labute approximate surface area is 114 Å². The number of rotatable bonds is 2. The van der Waals surface area contributed by atoms with Gasteiger partial charge in [-0.15, -0.1) is 0 Å². The summed E-state index contributed by atoms with van der Waals surface area (Å²) in [5.41, 5.74) is 0. The summed E-state index contributed by atoms with van der Waals surface area (Å²) in [5, 5.41) is 3.33. The monoisotopic (exact) mass is 264 g/mol. The van der Waals surface area contributed by atoms with E-state index in [9.17, 15) is 9.59 Å². The molecule has 4 unspecified atom stereocenters. The molecule has 2 heterocycles. The molecule has 4 heteroatoms. The number of piperidine rings is 1. The summed E-state index contributed by atoms with van der Waals surface area (Å²) in [7, 11) is 0. The van der Waals surface area contributed by atoms with Crippen LogP contribution in [0, 0.1) is 23.7 Å². The van der Waals surface area contributed by atoms with Gasteiger partial charge in [0.15, 0.2) is 0 Å². The lowest BCUT2D eigenvalue weighted by Crippen LogP contribution is -2.51. The largest absolute Gasteiger partial charge is 0.316 e. The number of likely N-dealkylation sites (tertiary alicyclic amines) is 1. The van der Waals surface area contributed by atoms with Gasteiger partial charge in [0.05, 0.1) is 11.8 Å². The van der Waals surface area contributed by atoms with Crippen molar-refractivity contribution in [3.8, 4) is 0 Å². The number of fused-ring (bicyclic) bond motifs is 1. The predicted octanol–water partition coefficient (Wildman–Crippen LogP) is 1.41. The Bertz CT molecular complexity index is 372. The first-order valence-corrected chi connectivity index (χ1v) is 7.71. The second-order valence-corrected chi connectivity index (χ2v) is 6.54. The van der Waals surface area contributed by atoms with Gasteiger partial charge in [0.1, 0.15) is 0 Å². The van der Waals surface area contributed by atoms with Gasteiger partial charge in [0, 0.05) is 6.04 Å². The van der Waals surface area contributed by atoms with E-state index in [4.69, 9.17) is 0 Å². The molecule has 0 aromatic rings. The van der Waals surface area contributed by atoms with Crippen LogP contribution in [0.3, 0.4) is 0 Å². The molecule has 19 heavy (non-hydrogen) atoms. The van der Waals surface area contributed by atoms with Gasteiger partial charge in [-0.2, -0.15) is 0 Å². The quantitative estimate of drug-likeness (QED) is 0.767. The highest BCUT2D eigenvalue weighted by Gasteiger charge is 2.54. The number of hydrogen-bond donors (Lipinski definition) is 1. The van der Waals surface area contributed by atoms with Crippen LogP contribution in [0.25, 0.3) is 0 Å². The molecule has 3 rings (SSSR count). The second-order valence-electron chi connectivity index (χ2n) is 6.54. The number of carbonyl (C=O) groups excluding carboxylic acids is 2. The van der Waals surface area contributed by atoms with E-state index in [1.54, 1.807) is 4.90 Å². The summed E-state index contributed by atoms with van der Waals surface area (Å²) >= 11 is 0. The molecule has 1 saturated carbocycles. The fourth-order valence-corrected chi connectivity index (χ4v) is 4.20. The van der Waals surface area contributed by atoms with Crippen LogP contribution in [0.5, 0.6) is 0 Å². The maximum atomic E-state index is 12.6. The van der Waals surface area contributed by atoms with E-state index in [0.717, 1.165) is 38.8 Å². The minimum absolute atomic E-state index is 0.000430. The Morgan fingerprint density at radius 3 is 2.37 bits per heavy atom. The van der Waals surface area contributed by atoms with E-state index in [2.05, 4.69) is 19.2 Å². The number of hydrogen-bond acceptors (Lipinski definition) is 3. The van der Waals surface area contributed by atoms with Crippen LogP contribution in [0.15, 0.2) is 0 Å². The lowest BCUT2D eigenvalue weighted by molar-refractivity contribution is -0.145. The zero-order valence-electron chi connectivity index (χ0n) is 11.9. The molecule has 0 aromatic heterocycles. The summed E-state index contributed by atoms with van der Waals surface area (Å²) in [5.74, 6) is 1.21. The lowest BCUT2D eigenvalue weighted by atomic mass is 9.93. The fraction of sp³-hybridized carbons (Fsp3) is 0.867. The third-order valence-corrected chi connectivity index (χ3v) is 5.42. The summed E-state index contributed by atoms with van der Waals surface area (Å²) < 4.78 is 0. The molecule has 2 aliphatic heterocycles. The minimum atomic E-state index is -0.000430. The van der Waals surface area contributed by atoms with Crippen molar-refractivity contribution in [2.24, 2.45) is 23.7 Å². The van der Waals surface area contributed by atoms with E-state index in [0.29, 0.717) is 11.8 Å². The van der Waals surface area contributed by atoms with E-state index < -0.39 is 0 Å². The number of imide groups is 1.